The fourth-order valence-electron chi connectivity index (χ4n) is 2.40. The number of nitrogens with one attached hydrogen (secondary N) is 1. The van der Waals surface area contributed by atoms with Crippen LogP contribution >= 0.6 is 0 Å². The summed E-state index contributed by atoms with van der Waals surface area (Å²) in [6.07, 6.45) is 6.07. The van der Waals surface area contributed by atoms with Crippen LogP contribution in [0.1, 0.15) is 63.0 Å². The smallest absolute Gasteiger partial charge is 0.317 e. The van der Waals surface area contributed by atoms with E-state index in [1.807, 2.05) is 13.8 Å². The van der Waals surface area contributed by atoms with E-state index in [1.54, 1.807) is 11.9 Å². The van der Waals surface area contributed by atoms with Crippen molar-refractivity contribution in [3.8, 4) is 0 Å². The summed E-state index contributed by atoms with van der Waals surface area (Å²) in [6, 6.07) is -0.0396. The SMILES string of the molecule is Cc1noc(C)c1CN(C)C(=O)NCCCCCCC(C)C. The summed E-state index contributed by atoms with van der Waals surface area (Å²) in [5, 5.41) is 6.88. The summed E-state index contributed by atoms with van der Waals surface area (Å²) in [6.45, 7) is 9.56. The Bertz CT molecular complexity index is 435. The topological polar surface area (TPSA) is 58.4 Å². The molecule has 0 aromatic carbocycles. The highest BCUT2D eigenvalue weighted by atomic mass is 16.5. The van der Waals surface area contributed by atoms with Gasteiger partial charge in [0.1, 0.15) is 5.76 Å². The third-order valence-electron chi connectivity index (χ3n) is 3.91. The van der Waals surface area contributed by atoms with E-state index in [0.717, 1.165) is 35.9 Å². The highest BCUT2D eigenvalue weighted by Crippen LogP contribution is 2.14. The van der Waals surface area contributed by atoms with Crippen LogP contribution in [0.3, 0.4) is 0 Å². The van der Waals surface area contributed by atoms with Gasteiger partial charge in [-0.1, -0.05) is 44.7 Å². The summed E-state index contributed by atoms with van der Waals surface area (Å²) in [5.41, 5.74) is 1.84. The first-order valence-electron chi connectivity index (χ1n) is 8.32. The molecule has 0 radical (unpaired) electrons. The molecule has 22 heavy (non-hydrogen) atoms. The van der Waals surface area contributed by atoms with Crippen LogP contribution in [0.25, 0.3) is 0 Å². The number of hydrogen-bond donors (Lipinski definition) is 1. The Morgan fingerprint density at radius 2 is 1.91 bits per heavy atom. The lowest BCUT2D eigenvalue weighted by atomic mass is 10.0. The Balaban J connectivity index is 2.17. The lowest BCUT2D eigenvalue weighted by Gasteiger charge is -2.17. The standard InChI is InChI=1S/C17H31N3O2/c1-13(2)10-8-6-7-9-11-18-17(21)20(5)12-16-14(3)19-22-15(16)4/h13H,6-12H2,1-5H3,(H,18,21). The Hall–Kier alpha value is -1.52. The summed E-state index contributed by atoms with van der Waals surface area (Å²) in [4.78, 5) is 13.7. The van der Waals surface area contributed by atoms with Crippen molar-refractivity contribution in [3.05, 3.63) is 17.0 Å². The predicted octanol–water partition coefficient (Wildman–Crippen LogP) is 4.04. The van der Waals surface area contributed by atoms with Crippen LogP contribution in [0.15, 0.2) is 4.52 Å². The average Bonchev–Trinajstić information content (AvgIpc) is 2.77. The molecule has 0 aliphatic heterocycles. The molecule has 0 unspecified atom stereocenters. The molecule has 1 aromatic rings. The van der Waals surface area contributed by atoms with E-state index in [2.05, 4.69) is 24.3 Å². The number of rotatable bonds is 9. The predicted molar refractivity (Wildman–Crippen MR) is 88.8 cm³/mol. The van der Waals surface area contributed by atoms with Gasteiger partial charge in [0.15, 0.2) is 0 Å². The largest absolute Gasteiger partial charge is 0.361 e. The Labute approximate surface area is 134 Å². The van der Waals surface area contributed by atoms with E-state index in [-0.39, 0.29) is 6.03 Å². The maximum absolute atomic E-state index is 12.0. The van der Waals surface area contributed by atoms with Crippen LogP contribution in [-0.4, -0.2) is 29.7 Å². The van der Waals surface area contributed by atoms with Crippen molar-refractivity contribution in [2.45, 2.75) is 66.3 Å². The highest BCUT2D eigenvalue weighted by molar-refractivity contribution is 5.73. The Kier molecular flexibility index (Phi) is 7.99. The summed E-state index contributed by atoms with van der Waals surface area (Å²) in [5.74, 6) is 1.57. The lowest BCUT2D eigenvalue weighted by molar-refractivity contribution is 0.206. The van der Waals surface area contributed by atoms with Gasteiger partial charge >= 0.3 is 6.03 Å². The van der Waals surface area contributed by atoms with Gasteiger partial charge in [-0.25, -0.2) is 4.79 Å². The van der Waals surface area contributed by atoms with Gasteiger partial charge in [0, 0.05) is 19.2 Å². The minimum Gasteiger partial charge on any atom is -0.361 e. The van der Waals surface area contributed by atoms with Crippen LogP contribution in [0, 0.1) is 19.8 Å². The van der Waals surface area contributed by atoms with Gasteiger partial charge in [0.2, 0.25) is 0 Å². The summed E-state index contributed by atoms with van der Waals surface area (Å²) >= 11 is 0. The van der Waals surface area contributed by atoms with E-state index in [0.29, 0.717) is 6.54 Å². The van der Waals surface area contributed by atoms with Crippen LogP contribution in [0.4, 0.5) is 4.79 Å². The number of carbonyl (C=O) groups excluding carboxylic acids is 1. The minimum absolute atomic E-state index is 0.0396. The van der Waals surface area contributed by atoms with Gasteiger partial charge in [-0.15, -0.1) is 0 Å². The minimum atomic E-state index is -0.0396. The summed E-state index contributed by atoms with van der Waals surface area (Å²) < 4.78 is 5.12. The molecule has 5 heteroatoms. The van der Waals surface area contributed by atoms with Gasteiger partial charge < -0.3 is 14.7 Å². The molecule has 1 aromatic heterocycles. The fourth-order valence-corrected chi connectivity index (χ4v) is 2.40. The fraction of sp³-hybridized carbons (Fsp3) is 0.765. The van der Waals surface area contributed by atoms with Gasteiger partial charge in [0.25, 0.3) is 0 Å². The lowest BCUT2D eigenvalue weighted by Crippen LogP contribution is -2.37. The first-order valence-corrected chi connectivity index (χ1v) is 8.32. The Morgan fingerprint density at radius 3 is 2.50 bits per heavy atom. The zero-order chi connectivity index (χ0) is 16.5. The van der Waals surface area contributed by atoms with Crippen LogP contribution in [-0.2, 0) is 6.54 Å². The number of unbranched alkanes of at least 4 members (excludes halogenated alkanes) is 3. The number of amides is 2. The van der Waals surface area contributed by atoms with Crippen LogP contribution in [0.2, 0.25) is 0 Å². The molecule has 0 saturated carbocycles. The maximum atomic E-state index is 12.0. The second kappa shape index (κ2) is 9.49. The molecule has 0 bridgehead atoms. The van der Waals surface area contributed by atoms with Crippen molar-refractivity contribution < 1.29 is 9.32 Å². The van der Waals surface area contributed by atoms with Crippen molar-refractivity contribution >= 4 is 6.03 Å². The molecule has 2 amide bonds. The monoisotopic (exact) mass is 309 g/mol. The van der Waals surface area contributed by atoms with Crippen LogP contribution < -0.4 is 5.32 Å². The molecular weight excluding hydrogens is 278 g/mol. The maximum Gasteiger partial charge on any atom is 0.317 e. The molecule has 1 N–H and O–H groups in total. The van der Waals surface area contributed by atoms with Gasteiger partial charge in [-0.2, -0.15) is 0 Å². The second-order valence-corrected chi connectivity index (χ2v) is 6.49. The molecule has 1 rings (SSSR count). The molecule has 1 heterocycles. The number of aryl methyl sites for hydroxylation is 2. The van der Waals surface area contributed by atoms with E-state index >= 15 is 0 Å². The normalized spacial score (nSPS) is 11.0. The number of hydrogen-bond acceptors (Lipinski definition) is 3. The number of urea groups is 1. The zero-order valence-corrected chi connectivity index (χ0v) is 14.7. The van der Waals surface area contributed by atoms with Gasteiger partial charge in [0.05, 0.1) is 12.2 Å². The van der Waals surface area contributed by atoms with Crippen molar-refractivity contribution in [2.24, 2.45) is 5.92 Å². The van der Waals surface area contributed by atoms with Crippen molar-refractivity contribution in [2.75, 3.05) is 13.6 Å². The van der Waals surface area contributed by atoms with Gasteiger partial charge in [-0.05, 0) is 26.2 Å². The second-order valence-electron chi connectivity index (χ2n) is 6.49. The first-order chi connectivity index (χ1) is 10.4. The highest BCUT2D eigenvalue weighted by Gasteiger charge is 2.14. The van der Waals surface area contributed by atoms with E-state index in [4.69, 9.17) is 4.52 Å². The molecule has 0 fully saturated rings. The summed E-state index contributed by atoms with van der Waals surface area (Å²) in [7, 11) is 1.80. The molecular formula is C17H31N3O2. The average molecular weight is 309 g/mol. The van der Waals surface area contributed by atoms with Crippen molar-refractivity contribution in [1.82, 2.24) is 15.4 Å². The third-order valence-corrected chi connectivity index (χ3v) is 3.91. The molecule has 0 saturated heterocycles. The number of nitrogens with zero attached hydrogens (tertiary/aromatic N) is 2. The quantitative estimate of drug-likeness (QED) is 0.700. The van der Waals surface area contributed by atoms with Crippen molar-refractivity contribution in [3.63, 3.8) is 0 Å². The third kappa shape index (κ3) is 6.50. The molecule has 0 atom stereocenters. The van der Waals surface area contributed by atoms with Crippen LogP contribution in [0.5, 0.6) is 0 Å². The first kappa shape index (κ1) is 18.5. The van der Waals surface area contributed by atoms with E-state index in [9.17, 15) is 4.79 Å². The molecule has 126 valence electrons. The molecule has 0 spiro atoms. The molecule has 5 nitrogen and oxygen atoms in total. The zero-order valence-electron chi connectivity index (χ0n) is 14.7. The molecule has 0 aliphatic carbocycles. The van der Waals surface area contributed by atoms with Crippen molar-refractivity contribution in [1.29, 1.82) is 0 Å². The Morgan fingerprint density at radius 1 is 1.23 bits per heavy atom. The number of aromatic nitrogens is 1. The number of carbonyl (C=O) groups is 1. The van der Waals surface area contributed by atoms with E-state index < -0.39 is 0 Å². The van der Waals surface area contributed by atoms with Gasteiger partial charge in [-0.3, -0.25) is 0 Å². The molecule has 0 aliphatic rings. The van der Waals surface area contributed by atoms with E-state index in [1.165, 1.54) is 25.7 Å².